The highest BCUT2D eigenvalue weighted by Crippen LogP contribution is 2.17. The van der Waals surface area contributed by atoms with E-state index in [1.807, 2.05) is 13.8 Å². The van der Waals surface area contributed by atoms with Crippen molar-refractivity contribution < 1.29 is 33.0 Å². The summed E-state index contributed by atoms with van der Waals surface area (Å²) in [7, 11) is 0. The van der Waals surface area contributed by atoms with Crippen molar-refractivity contribution in [2.24, 2.45) is 5.92 Å². The van der Waals surface area contributed by atoms with Gasteiger partial charge in [0, 0.05) is 25.6 Å². The summed E-state index contributed by atoms with van der Waals surface area (Å²) < 4.78 is 37.9. The third kappa shape index (κ3) is 8.69. The molecule has 1 unspecified atom stereocenters. The van der Waals surface area contributed by atoms with E-state index in [4.69, 9.17) is 9.47 Å². The Labute approximate surface area is 192 Å². The molecule has 0 bridgehead atoms. The molecule has 2 N–H and O–H groups in total. The van der Waals surface area contributed by atoms with Gasteiger partial charge in [0.05, 0.1) is 12.2 Å². The van der Waals surface area contributed by atoms with Crippen molar-refractivity contribution in [3.63, 3.8) is 0 Å². The minimum Gasteiger partial charge on any atom is -0.492 e. The second-order valence-electron chi connectivity index (χ2n) is 7.87. The molecule has 2 aromatic rings. The Bertz CT molecular complexity index is 922. The number of anilines is 1. The molecule has 0 aliphatic carbocycles. The maximum atomic E-state index is 13.9. The number of aliphatic carboxylic acids is 1. The summed E-state index contributed by atoms with van der Waals surface area (Å²) in [5.74, 6) is -1.85. The minimum atomic E-state index is -1.01. The fourth-order valence-electron chi connectivity index (χ4n) is 3.13. The van der Waals surface area contributed by atoms with Crippen LogP contribution in [0.25, 0.3) is 0 Å². The van der Waals surface area contributed by atoms with Gasteiger partial charge >= 0.3 is 12.0 Å². The van der Waals surface area contributed by atoms with Crippen LogP contribution >= 0.6 is 0 Å². The summed E-state index contributed by atoms with van der Waals surface area (Å²) in [6.45, 7) is 6.82. The van der Waals surface area contributed by atoms with Crippen LogP contribution in [-0.2, 0) is 16.0 Å². The van der Waals surface area contributed by atoms with Crippen LogP contribution in [0.3, 0.4) is 0 Å². The highest BCUT2D eigenvalue weighted by atomic mass is 19.1. The molecule has 0 aromatic heterocycles. The van der Waals surface area contributed by atoms with Gasteiger partial charge < -0.3 is 24.8 Å². The topological polar surface area (TPSA) is 88.1 Å². The zero-order valence-electron chi connectivity index (χ0n) is 19.0. The lowest BCUT2D eigenvalue weighted by Gasteiger charge is -2.25. The zero-order chi connectivity index (χ0) is 24.4. The standard InChI is InChI=1S/C24H30F2N2O5/c1-4-32-22(23(29)30)13-17-5-8-19(9-6-17)33-12-11-28(15-16(2)3)24(31)27-21-10-7-18(25)14-20(21)26/h5-10,14,16,22H,4,11-13,15H2,1-3H3,(H,27,31)(H,29,30). The molecule has 2 aromatic carbocycles. The molecule has 0 heterocycles. The van der Waals surface area contributed by atoms with Crippen molar-refractivity contribution in [1.82, 2.24) is 4.90 Å². The van der Waals surface area contributed by atoms with Gasteiger partial charge in [-0.15, -0.1) is 0 Å². The fourth-order valence-corrected chi connectivity index (χ4v) is 3.13. The molecule has 33 heavy (non-hydrogen) atoms. The molecule has 0 aliphatic rings. The first-order valence-electron chi connectivity index (χ1n) is 10.8. The fraction of sp³-hybridized carbons (Fsp3) is 0.417. The monoisotopic (exact) mass is 464 g/mol. The van der Waals surface area contributed by atoms with Crippen LogP contribution in [0.2, 0.25) is 0 Å². The molecule has 2 amide bonds. The maximum Gasteiger partial charge on any atom is 0.333 e. The number of carboxylic acid groups (broad SMARTS) is 1. The number of nitrogens with one attached hydrogen (secondary N) is 1. The van der Waals surface area contributed by atoms with Gasteiger partial charge in [-0.2, -0.15) is 0 Å². The van der Waals surface area contributed by atoms with E-state index in [-0.39, 0.29) is 31.2 Å². The quantitative estimate of drug-likeness (QED) is 0.481. The van der Waals surface area contributed by atoms with Gasteiger partial charge in [-0.3, -0.25) is 0 Å². The number of urea groups is 1. The van der Waals surface area contributed by atoms with Crippen molar-refractivity contribution in [3.05, 3.63) is 59.7 Å². The Hall–Kier alpha value is -3.20. The Morgan fingerprint density at radius 3 is 2.39 bits per heavy atom. The number of carbonyl (C=O) groups is 2. The van der Waals surface area contributed by atoms with Crippen molar-refractivity contribution in [2.75, 3.05) is 31.6 Å². The average molecular weight is 465 g/mol. The van der Waals surface area contributed by atoms with Crippen molar-refractivity contribution in [3.8, 4) is 5.75 Å². The molecule has 0 saturated carbocycles. The normalized spacial score (nSPS) is 11.8. The van der Waals surface area contributed by atoms with E-state index in [2.05, 4.69) is 5.32 Å². The lowest BCUT2D eigenvalue weighted by molar-refractivity contribution is -0.149. The van der Waals surface area contributed by atoms with Crippen LogP contribution in [0.5, 0.6) is 5.75 Å². The Balaban J connectivity index is 1.92. The Morgan fingerprint density at radius 1 is 1.12 bits per heavy atom. The second-order valence-corrected chi connectivity index (χ2v) is 7.87. The molecule has 0 saturated heterocycles. The lowest BCUT2D eigenvalue weighted by atomic mass is 10.1. The maximum absolute atomic E-state index is 13.9. The molecule has 2 rings (SSSR count). The van der Waals surface area contributed by atoms with Crippen molar-refractivity contribution in [1.29, 1.82) is 0 Å². The van der Waals surface area contributed by atoms with Gasteiger partial charge in [0.1, 0.15) is 24.0 Å². The predicted octanol–water partition coefficient (Wildman–Crippen LogP) is 4.57. The number of ether oxygens (including phenoxy) is 2. The van der Waals surface area contributed by atoms with Gasteiger partial charge in [-0.1, -0.05) is 26.0 Å². The highest BCUT2D eigenvalue weighted by Gasteiger charge is 2.19. The number of halogens is 2. The van der Waals surface area contributed by atoms with E-state index in [1.54, 1.807) is 31.2 Å². The van der Waals surface area contributed by atoms with Crippen molar-refractivity contribution >= 4 is 17.7 Å². The number of hydrogen-bond acceptors (Lipinski definition) is 4. The molecular formula is C24H30F2N2O5. The van der Waals surface area contributed by atoms with E-state index < -0.39 is 29.7 Å². The summed E-state index contributed by atoms with van der Waals surface area (Å²) in [6, 6.07) is 9.42. The molecule has 0 fully saturated rings. The molecule has 7 nitrogen and oxygen atoms in total. The van der Waals surface area contributed by atoms with Crippen LogP contribution in [0.15, 0.2) is 42.5 Å². The van der Waals surface area contributed by atoms with Gasteiger partial charge in [0.2, 0.25) is 0 Å². The number of hydrogen-bond donors (Lipinski definition) is 2. The minimum absolute atomic E-state index is 0.0987. The summed E-state index contributed by atoms with van der Waals surface area (Å²) >= 11 is 0. The Morgan fingerprint density at radius 2 is 1.82 bits per heavy atom. The number of carboxylic acids is 1. The summed E-state index contributed by atoms with van der Waals surface area (Å²) in [4.78, 5) is 25.3. The summed E-state index contributed by atoms with van der Waals surface area (Å²) in [5.41, 5.74) is 0.698. The van der Waals surface area contributed by atoms with Gasteiger partial charge in [0.15, 0.2) is 6.10 Å². The van der Waals surface area contributed by atoms with Crippen LogP contribution in [0, 0.1) is 17.6 Å². The predicted molar refractivity (Wildman–Crippen MR) is 120 cm³/mol. The first-order valence-corrected chi connectivity index (χ1v) is 10.8. The third-order valence-electron chi connectivity index (χ3n) is 4.66. The summed E-state index contributed by atoms with van der Waals surface area (Å²) in [6.07, 6.45) is -0.665. The van der Waals surface area contributed by atoms with Crippen molar-refractivity contribution in [2.45, 2.75) is 33.3 Å². The summed E-state index contributed by atoms with van der Waals surface area (Å²) in [5, 5.41) is 11.7. The third-order valence-corrected chi connectivity index (χ3v) is 4.66. The van der Waals surface area contributed by atoms with Crippen LogP contribution in [0.1, 0.15) is 26.3 Å². The van der Waals surface area contributed by atoms with Crippen LogP contribution < -0.4 is 10.1 Å². The van der Waals surface area contributed by atoms with E-state index >= 15 is 0 Å². The SMILES string of the molecule is CCOC(Cc1ccc(OCCN(CC(C)C)C(=O)Nc2ccc(F)cc2F)cc1)C(=O)O. The van der Waals surface area contributed by atoms with E-state index in [9.17, 15) is 23.5 Å². The number of nitrogens with zero attached hydrogens (tertiary/aromatic N) is 1. The lowest BCUT2D eigenvalue weighted by Crippen LogP contribution is -2.40. The van der Waals surface area contributed by atoms with Crippen LogP contribution in [-0.4, -0.2) is 54.4 Å². The number of rotatable bonds is 12. The molecule has 9 heteroatoms. The van der Waals surface area contributed by atoms with Gasteiger partial charge in [-0.25, -0.2) is 18.4 Å². The molecule has 1 atom stereocenters. The molecular weight excluding hydrogens is 434 g/mol. The molecule has 0 spiro atoms. The molecule has 180 valence electrons. The highest BCUT2D eigenvalue weighted by molar-refractivity contribution is 5.89. The molecule has 0 aliphatic heterocycles. The van der Waals surface area contributed by atoms with E-state index in [1.165, 1.54) is 11.0 Å². The number of amides is 2. The van der Waals surface area contributed by atoms with Crippen LogP contribution in [0.4, 0.5) is 19.3 Å². The first-order chi connectivity index (χ1) is 15.7. The van der Waals surface area contributed by atoms with Gasteiger partial charge in [-0.05, 0) is 42.7 Å². The number of benzene rings is 2. The van der Waals surface area contributed by atoms with E-state index in [0.29, 0.717) is 25.0 Å². The molecule has 0 radical (unpaired) electrons. The second kappa shape index (κ2) is 12.7. The smallest absolute Gasteiger partial charge is 0.333 e. The largest absolute Gasteiger partial charge is 0.492 e. The number of carbonyl (C=O) groups excluding carboxylic acids is 1. The van der Waals surface area contributed by atoms with Gasteiger partial charge in [0.25, 0.3) is 0 Å². The first kappa shape index (κ1) is 26.1. The zero-order valence-corrected chi connectivity index (χ0v) is 19.0. The average Bonchev–Trinajstić information content (AvgIpc) is 2.75. The Kier molecular flexibility index (Phi) is 10.1. The van der Waals surface area contributed by atoms with E-state index in [0.717, 1.165) is 11.6 Å².